The summed E-state index contributed by atoms with van der Waals surface area (Å²) in [7, 11) is 1.75. The Bertz CT molecular complexity index is 647. The van der Waals surface area contributed by atoms with E-state index in [0.717, 1.165) is 0 Å². The number of aryl methyl sites for hydroxylation is 2. The van der Waals surface area contributed by atoms with E-state index in [2.05, 4.69) is 10.4 Å². The topological polar surface area (TPSA) is 46.9 Å². The van der Waals surface area contributed by atoms with E-state index in [0.29, 0.717) is 22.5 Å². The maximum Gasteiger partial charge on any atom is 0.276 e. The highest BCUT2D eigenvalue weighted by molar-refractivity contribution is 6.03. The van der Waals surface area contributed by atoms with Gasteiger partial charge in [0.15, 0.2) is 5.69 Å². The zero-order valence-electron chi connectivity index (χ0n) is 12.1. The summed E-state index contributed by atoms with van der Waals surface area (Å²) in [5.74, 6) is -0.482. The number of carbonyl (C=O) groups is 1. The Balaban J connectivity index is 2.29. The van der Waals surface area contributed by atoms with Crippen LogP contribution in [0.3, 0.4) is 0 Å². The number of nitrogens with one attached hydrogen (secondary N) is 1. The molecule has 0 aliphatic rings. The fourth-order valence-electron chi connectivity index (χ4n) is 1.99. The smallest absolute Gasteiger partial charge is 0.276 e. The summed E-state index contributed by atoms with van der Waals surface area (Å²) in [6, 6.07) is 4.77. The van der Waals surface area contributed by atoms with Crippen molar-refractivity contribution in [2.45, 2.75) is 26.7 Å². The van der Waals surface area contributed by atoms with Gasteiger partial charge in [0.1, 0.15) is 5.82 Å². The summed E-state index contributed by atoms with van der Waals surface area (Å²) in [5.41, 5.74) is 2.23. The van der Waals surface area contributed by atoms with Crippen LogP contribution < -0.4 is 5.32 Å². The van der Waals surface area contributed by atoms with Crippen LogP contribution in [0.1, 0.15) is 41.4 Å². The van der Waals surface area contributed by atoms with E-state index < -0.39 is 0 Å². The second-order valence-corrected chi connectivity index (χ2v) is 5.17. The lowest BCUT2D eigenvalue weighted by atomic mass is 9.99. The Morgan fingerprint density at radius 3 is 2.65 bits per heavy atom. The number of anilines is 1. The van der Waals surface area contributed by atoms with E-state index in [1.807, 2.05) is 13.8 Å². The molecule has 0 spiro atoms. The van der Waals surface area contributed by atoms with Crippen molar-refractivity contribution in [1.82, 2.24) is 9.78 Å². The molecule has 1 aromatic heterocycles. The molecule has 106 valence electrons. The Kier molecular flexibility index (Phi) is 3.88. The maximum atomic E-state index is 13.8. The van der Waals surface area contributed by atoms with Crippen LogP contribution in [-0.2, 0) is 7.05 Å². The van der Waals surface area contributed by atoms with Gasteiger partial charge in [0.2, 0.25) is 0 Å². The number of amides is 1. The van der Waals surface area contributed by atoms with Crippen molar-refractivity contribution in [2.75, 3.05) is 5.32 Å². The summed E-state index contributed by atoms with van der Waals surface area (Å²) in [6.07, 6.45) is 1.70. The van der Waals surface area contributed by atoms with Crippen LogP contribution in [-0.4, -0.2) is 15.7 Å². The van der Waals surface area contributed by atoms with Crippen molar-refractivity contribution in [3.05, 3.63) is 47.0 Å². The van der Waals surface area contributed by atoms with Crippen molar-refractivity contribution in [3.8, 4) is 0 Å². The third kappa shape index (κ3) is 2.87. The largest absolute Gasteiger partial charge is 0.320 e. The lowest BCUT2D eigenvalue weighted by Crippen LogP contribution is -2.14. The van der Waals surface area contributed by atoms with Crippen molar-refractivity contribution in [3.63, 3.8) is 0 Å². The zero-order chi connectivity index (χ0) is 14.9. The first-order valence-corrected chi connectivity index (χ1v) is 6.49. The van der Waals surface area contributed by atoms with Crippen molar-refractivity contribution >= 4 is 11.6 Å². The molecule has 1 heterocycles. The number of nitrogens with zero attached hydrogens (tertiary/aromatic N) is 2. The first kappa shape index (κ1) is 14.2. The van der Waals surface area contributed by atoms with Crippen LogP contribution in [0.25, 0.3) is 0 Å². The van der Waals surface area contributed by atoms with Gasteiger partial charge in [-0.15, -0.1) is 0 Å². The van der Waals surface area contributed by atoms with E-state index in [9.17, 15) is 9.18 Å². The molecule has 0 saturated heterocycles. The number of benzene rings is 1. The molecule has 20 heavy (non-hydrogen) atoms. The van der Waals surface area contributed by atoms with Gasteiger partial charge in [0.25, 0.3) is 5.91 Å². The molecule has 2 rings (SSSR count). The van der Waals surface area contributed by atoms with E-state index in [4.69, 9.17) is 0 Å². The van der Waals surface area contributed by atoms with Gasteiger partial charge in [-0.1, -0.05) is 13.8 Å². The van der Waals surface area contributed by atoms with Gasteiger partial charge in [-0.05, 0) is 42.2 Å². The molecule has 0 aliphatic carbocycles. The van der Waals surface area contributed by atoms with Gasteiger partial charge in [-0.2, -0.15) is 5.10 Å². The Morgan fingerprint density at radius 2 is 2.10 bits per heavy atom. The van der Waals surface area contributed by atoms with Gasteiger partial charge in [0, 0.05) is 18.9 Å². The standard InChI is InChI=1S/C15H18FN3O/c1-9(2)11-8-14(10(3)7-12(11)16)17-15(20)13-5-6-19(4)18-13/h5-9H,1-4H3,(H,17,20). The molecule has 0 bridgehead atoms. The fraction of sp³-hybridized carbons (Fsp3) is 0.333. The average Bonchev–Trinajstić information content (AvgIpc) is 2.79. The van der Waals surface area contributed by atoms with Crippen LogP contribution in [0.4, 0.5) is 10.1 Å². The minimum atomic E-state index is -0.296. The lowest BCUT2D eigenvalue weighted by Gasteiger charge is -2.13. The van der Waals surface area contributed by atoms with E-state index in [-0.39, 0.29) is 17.6 Å². The van der Waals surface area contributed by atoms with E-state index in [1.165, 1.54) is 6.07 Å². The molecule has 1 amide bonds. The van der Waals surface area contributed by atoms with Crippen LogP contribution in [0.15, 0.2) is 24.4 Å². The molecular formula is C15H18FN3O. The predicted octanol–water partition coefficient (Wildman–Crippen LogP) is 3.24. The highest BCUT2D eigenvalue weighted by Gasteiger charge is 2.14. The molecule has 0 unspecified atom stereocenters. The van der Waals surface area contributed by atoms with Crippen LogP contribution in [0, 0.1) is 12.7 Å². The first-order chi connectivity index (χ1) is 9.38. The average molecular weight is 275 g/mol. The summed E-state index contributed by atoms with van der Waals surface area (Å²) in [6.45, 7) is 5.59. The predicted molar refractivity (Wildman–Crippen MR) is 76.4 cm³/mol. The third-order valence-electron chi connectivity index (χ3n) is 3.16. The monoisotopic (exact) mass is 275 g/mol. The zero-order valence-corrected chi connectivity index (χ0v) is 12.1. The van der Waals surface area contributed by atoms with Gasteiger partial charge < -0.3 is 5.32 Å². The molecule has 1 N–H and O–H groups in total. The van der Waals surface area contributed by atoms with Gasteiger partial charge in [-0.25, -0.2) is 4.39 Å². The Morgan fingerprint density at radius 1 is 1.40 bits per heavy atom. The molecule has 2 aromatic rings. The lowest BCUT2D eigenvalue weighted by molar-refractivity contribution is 0.102. The molecule has 5 heteroatoms. The van der Waals surface area contributed by atoms with Crippen LogP contribution in [0.2, 0.25) is 0 Å². The Hall–Kier alpha value is -2.17. The number of hydrogen-bond acceptors (Lipinski definition) is 2. The SMILES string of the molecule is Cc1cc(F)c(C(C)C)cc1NC(=O)c1ccn(C)n1. The molecule has 4 nitrogen and oxygen atoms in total. The van der Waals surface area contributed by atoms with Crippen molar-refractivity contribution in [1.29, 1.82) is 0 Å². The van der Waals surface area contributed by atoms with Crippen molar-refractivity contribution < 1.29 is 9.18 Å². The molecule has 0 atom stereocenters. The van der Waals surface area contributed by atoms with Gasteiger partial charge >= 0.3 is 0 Å². The normalized spacial score (nSPS) is 10.9. The molecule has 0 radical (unpaired) electrons. The molecule has 0 aliphatic heterocycles. The third-order valence-corrected chi connectivity index (χ3v) is 3.16. The highest BCUT2D eigenvalue weighted by atomic mass is 19.1. The number of carbonyl (C=O) groups excluding carboxylic acids is 1. The van der Waals surface area contributed by atoms with E-state index >= 15 is 0 Å². The summed E-state index contributed by atoms with van der Waals surface area (Å²) in [4.78, 5) is 12.1. The number of aromatic nitrogens is 2. The molecule has 0 saturated carbocycles. The Labute approximate surface area is 117 Å². The van der Waals surface area contributed by atoms with Gasteiger partial charge in [-0.3, -0.25) is 9.48 Å². The van der Waals surface area contributed by atoms with Crippen LogP contribution in [0.5, 0.6) is 0 Å². The van der Waals surface area contributed by atoms with Crippen molar-refractivity contribution in [2.24, 2.45) is 7.05 Å². The van der Waals surface area contributed by atoms with Gasteiger partial charge in [0.05, 0.1) is 0 Å². The molecule has 0 fully saturated rings. The van der Waals surface area contributed by atoms with E-state index in [1.54, 1.807) is 37.0 Å². The number of rotatable bonds is 3. The minimum absolute atomic E-state index is 0.0566. The second-order valence-electron chi connectivity index (χ2n) is 5.17. The molecular weight excluding hydrogens is 257 g/mol. The number of halogens is 1. The maximum absolute atomic E-state index is 13.8. The highest BCUT2D eigenvalue weighted by Crippen LogP contribution is 2.26. The summed E-state index contributed by atoms with van der Waals surface area (Å²) >= 11 is 0. The summed E-state index contributed by atoms with van der Waals surface area (Å²) in [5, 5.41) is 6.82. The summed E-state index contributed by atoms with van der Waals surface area (Å²) < 4.78 is 15.4. The first-order valence-electron chi connectivity index (χ1n) is 6.49. The molecule has 1 aromatic carbocycles. The quantitative estimate of drug-likeness (QED) is 0.934. The second kappa shape index (κ2) is 5.45. The number of hydrogen-bond donors (Lipinski definition) is 1. The minimum Gasteiger partial charge on any atom is -0.320 e. The van der Waals surface area contributed by atoms with Crippen LogP contribution >= 0.6 is 0 Å². The fourth-order valence-corrected chi connectivity index (χ4v) is 1.99.